The van der Waals surface area contributed by atoms with Gasteiger partial charge in [-0.05, 0) is 18.4 Å². The molecular formula is C12H16N2O4S. The molecule has 1 N–H and O–H groups in total. The van der Waals surface area contributed by atoms with Crippen LogP contribution in [0.1, 0.15) is 18.4 Å². The van der Waals surface area contributed by atoms with Crippen molar-refractivity contribution in [1.82, 2.24) is 5.32 Å². The van der Waals surface area contributed by atoms with E-state index in [-0.39, 0.29) is 23.2 Å². The minimum absolute atomic E-state index is 0.0746. The van der Waals surface area contributed by atoms with E-state index in [0.29, 0.717) is 19.4 Å². The number of benzene rings is 1. The van der Waals surface area contributed by atoms with Crippen molar-refractivity contribution in [3.05, 3.63) is 39.9 Å². The highest BCUT2D eigenvalue weighted by Gasteiger charge is 2.23. The molecule has 19 heavy (non-hydrogen) atoms. The minimum atomic E-state index is -2.85. The summed E-state index contributed by atoms with van der Waals surface area (Å²) in [7, 11) is -2.85. The molecule has 104 valence electrons. The molecule has 1 aliphatic heterocycles. The van der Waals surface area contributed by atoms with Crippen molar-refractivity contribution in [3.8, 4) is 0 Å². The zero-order valence-corrected chi connectivity index (χ0v) is 11.2. The summed E-state index contributed by atoms with van der Waals surface area (Å²) in [6, 6.07) is 6.63. The third-order valence-corrected chi connectivity index (χ3v) is 4.99. The number of non-ortho nitro benzene ring substituents is 1. The van der Waals surface area contributed by atoms with E-state index >= 15 is 0 Å². The van der Waals surface area contributed by atoms with Gasteiger partial charge in [0, 0.05) is 24.7 Å². The molecule has 0 atom stereocenters. The molecule has 0 amide bonds. The summed E-state index contributed by atoms with van der Waals surface area (Å²) in [4.78, 5) is 10.2. The summed E-state index contributed by atoms with van der Waals surface area (Å²) < 4.78 is 22.6. The lowest BCUT2D eigenvalue weighted by atomic mass is 10.1. The van der Waals surface area contributed by atoms with Crippen molar-refractivity contribution in [2.45, 2.75) is 25.4 Å². The topological polar surface area (TPSA) is 89.3 Å². The molecule has 1 heterocycles. The van der Waals surface area contributed by atoms with Gasteiger partial charge in [0.1, 0.15) is 9.84 Å². The molecule has 0 aromatic heterocycles. The monoisotopic (exact) mass is 284 g/mol. The average molecular weight is 284 g/mol. The van der Waals surface area contributed by atoms with Crippen LogP contribution >= 0.6 is 0 Å². The molecule has 6 nitrogen and oxygen atoms in total. The van der Waals surface area contributed by atoms with Gasteiger partial charge < -0.3 is 5.32 Å². The zero-order chi connectivity index (χ0) is 13.9. The predicted molar refractivity (Wildman–Crippen MR) is 71.6 cm³/mol. The number of nitro groups is 1. The van der Waals surface area contributed by atoms with Gasteiger partial charge in [0.2, 0.25) is 0 Å². The van der Waals surface area contributed by atoms with Gasteiger partial charge in [0.05, 0.1) is 16.4 Å². The van der Waals surface area contributed by atoms with E-state index < -0.39 is 14.8 Å². The van der Waals surface area contributed by atoms with Gasteiger partial charge in [-0.25, -0.2) is 8.42 Å². The van der Waals surface area contributed by atoms with Crippen LogP contribution in [0.5, 0.6) is 0 Å². The quantitative estimate of drug-likeness (QED) is 0.664. The summed E-state index contributed by atoms with van der Waals surface area (Å²) in [5.41, 5.74) is 0.910. The number of nitro benzene ring substituents is 1. The summed E-state index contributed by atoms with van der Waals surface area (Å²) in [5, 5.41) is 13.9. The molecule has 0 saturated carbocycles. The normalized spacial score (nSPS) is 19.2. The average Bonchev–Trinajstić information content (AvgIpc) is 2.38. The summed E-state index contributed by atoms with van der Waals surface area (Å²) in [5.74, 6) is 0.444. The van der Waals surface area contributed by atoms with Crippen LogP contribution in [0.15, 0.2) is 24.3 Å². The van der Waals surface area contributed by atoms with Gasteiger partial charge in [0.15, 0.2) is 0 Å². The second-order valence-corrected chi connectivity index (χ2v) is 7.04. The van der Waals surface area contributed by atoms with Crippen LogP contribution < -0.4 is 5.32 Å². The van der Waals surface area contributed by atoms with Crippen molar-refractivity contribution in [3.63, 3.8) is 0 Å². The van der Waals surface area contributed by atoms with E-state index in [4.69, 9.17) is 0 Å². The van der Waals surface area contributed by atoms with Gasteiger partial charge in [0.25, 0.3) is 5.69 Å². The van der Waals surface area contributed by atoms with Crippen LogP contribution in [0.2, 0.25) is 0 Å². The lowest BCUT2D eigenvalue weighted by Crippen LogP contribution is -2.37. The SMILES string of the molecule is O=[N+]([O-])c1cccc(CNC2CCS(=O)(=O)CC2)c1. The molecule has 0 aliphatic carbocycles. The number of hydrogen-bond acceptors (Lipinski definition) is 5. The molecule has 0 unspecified atom stereocenters. The Bertz CT molecular complexity index is 557. The van der Waals surface area contributed by atoms with Gasteiger partial charge in [-0.15, -0.1) is 0 Å². The molecule has 0 bridgehead atoms. The first-order chi connectivity index (χ1) is 8.96. The Morgan fingerprint density at radius 3 is 2.63 bits per heavy atom. The molecule has 1 aliphatic rings. The van der Waals surface area contributed by atoms with Crippen LogP contribution in [0.3, 0.4) is 0 Å². The van der Waals surface area contributed by atoms with Crippen molar-refractivity contribution in [1.29, 1.82) is 0 Å². The molecular weight excluding hydrogens is 268 g/mol. The molecule has 1 aromatic carbocycles. The van der Waals surface area contributed by atoms with Crippen LogP contribution in [0, 0.1) is 10.1 Å². The van der Waals surface area contributed by atoms with E-state index in [1.54, 1.807) is 6.07 Å². The second-order valence-electron chi connectivity index (χ2n) is 4.73. The fourth-order valence-corrected chi connectivity index (χ4v) is 3.63. The number of hydrogen-bond donors (Lipinski definition) is 1. The molecule has 1 fully saturated rings. The van der Waals surface area contributed by atoms with Gasteiger partial charge in [-0.1, -0.05) is 12.1 Å². The largest absolute Gasteiger partial charge is 0.310 e. The molecule has 0 spiro atoms. The van der Waals surface area contributed by atoms with E-state index in [0.717, 1.165) is 5.56 Å². The Balaban J connectivity index is 1.89. The zero-order valence-electron chi connectivity index (χ0n) is 10.4. The smallest absolute Gasteiger partial charge is 0.269 e. The Hall–Kier alpha value is -1.47. The maximum atomic E-state index is 11.3. The van der Waals surface area contributed by atoms with Gasteiger partial charge in [-0.3, -0.25) is 10.1 Å². The summed E-state index contributed by atoms with van der Waals surface area (Å²) in [6.45, 7) is 0.520. The van der Waals surface area contributed by atoms with E-state index in [1.807, 2.05) is 6.07 Å². The molecule has 1 saturated heterocycles. The molecule has 2 rings (SSSR count). The first-order valence-corrected chi connectivity index (χ1v) is 7.95. The first-order valence-electron chi connectivity index (χ1n) is 6.13. The fraction of sp³-hybridized carbons (Fsp3) is 0.500. The summed E-state index contributed by atoms with van der Waals surface area (Å²) in [6.07, 6.45) is 1.22. The van der Waals surface area contributed by atoms with Crippen molar-refractivity contribution in [2.24, 2.45) is 0 Å². The van der Waals surface area contributed by atoms with Crippen LogP contribution in [-0.4, -0.2) is 30.9 Å². The third kappa shape index (κ3) is 4.00. The maximum Gasteiger partial charge on any atom is 0.269 e. The second kappa shape index (κ2) is 5.66. The highest BCUT2D eigenvalue weighted by atomic mass is 32.2. The standard InChI is InChI=1S/C12H16N2O4S/c15-14(16)12-3-1-2-10(8-12)9-13-11-4-6-19(17,18)7-5-11/h1-3,8,11,13H,4-7,9H2. The van der Waals surface area contributed by atoms with Crippen LogP contribution in [0.25, 0.3) is 0 Å². The lowest BCUT2D eigenvalue weighted by molar-refractivity contribution is -0.384. The van der Waals surface area contributed by atoms with Gasteiger partial charge >= 0.3 is 0 Å². The number of nitrogens with zero attached hydrogens (tertiary/aromatic N) is 1. The summed E-state index contributed by atoms with van der Waals surface area (Å²) >= 11 is 0. The van der Waals surface area contributed by atoms with Gasteiger partial charge in [-0.2, -0.15) is 0 Å². The maximum absolute atomic E-state index is 11.3. The Morgan fingerprint density at radius 2 is 2.00 bits per heavy atom. The minimum Gasteiger partial charge on any atom is -0.310 e. The highest BCUT2D eigenvalue weighted by molar-refractivity contribution is 7.91. The van der Waals surface area contributed by atoms with Crippen molar-refractivity contribution >= 4 is 15.5 Å². The Morgan fingerprint density at radius 1 is 1.32 bits per heavy atom. The number of sulfone groups is 1. The number of nitrogens with one attached hydrogen (secondary N) is 1. The Kier molecular flexibility index (Phi) is 4.16. The fourth-order valence-electron chi connectivity index (χ4n) is 2.14. The van der Waals surface area contributed by atoms with Crippen LogP contribution in [0.4, 0.5) is 5.69 Å². The molecule has 7 heteroatoms. The third-order valence-electron chi connectivity index (χ3n) is 3.27. The molecule has 0 radical (unpaired) electrons. The van der Waals surface area contributed by atoms with Crippen LogP contribution in [-0.2, 0) is 16.4 Å². The van der Waals surface area contributed by atoms with E-state index in [9.17, 15) is 18.5 Å². The van der Waals surface area contributed by atoms with E-state index in [2.05, 4.69) is 5.32 Å². The Labute approximate surface area is 111 Å². The van der Waals surface area contributed by atoms with Crippen molar-refractivity contribution < 1.29 is 13.3 Å². The molecule has 1 aromatic rings. The number of rotatable bonds is 4. The van der Waals surface area contributed by atoms with E-state index in [1.165, 1.54) is 12.1 Å². The predicted octanol–water partition coefficient (Wildman–Crippen LogP) is 1.26. The van der Waals surface area contributed by atoms with Crippen molar-refractivity contribution in [2.75, 3.05) is 11.5 Å². The first kappa shape index (κ1) is 14.0. The lowest BCUT2D eigenvalue weighted by Gasteiger charge is -2.23. The highest BCUT2D eigenvalue weighted by Crippen LogP contribution is 2.15.